The molecule has 1 aromatic rings. The van der Waals surface area contributed by atoms with Gasteiger partial charge in [0.1, 0.15) is 0 Å². The number of nitrogens with one attached hydrogen (secondary N) is 1. The van der Waals surface area contributed by atoms with Crippen molar-refractivity contribution in [3.63, 3.8) is 0 Å². The first kappa shape index (κ1) is 13.2. The molecule has 1 rings (SSSR count). The van der Waals surface area contributed by atoms with Crippen LogP contribution in [-0.4, -0.2) is 12.5 Å². The Morgan fingerprint density at radius 2 is 2.06 bits per heavy atom. The molecule has 0 radical (unpaired) electrons. The van der Waals surface area contributed by atoms with E-state index in [-0.39, 0.29) is 5.91 Å². The molecule has 0 aliphatic carbocycles. The highest BCUT2D eigenvalue weighted by atomic mass is 79.9. The standard InChI is InChI=1S/C11H15BrN2O2/c12-10-5-3-9(4-6-10)8-16-7-1-2-11(15)14-13/h3-6H,1-2,7-8,13H2,(H,14,15). The summed E-state index contributed by atoms with van der Waals surface area (Å²) in [7, 11) is 0. The van der Waals surface area contributed by atoms with Gasteiger partial charge in [0, 0.05) is 17.5 Å². The molecule has 0 aliphatic rings. The number of carbonyl (C=O) groups excluding carboxylic acids is 1. The van der Waals surface area contributed by atoms with Gasteiger partial charge < -0.3 is 4.74 Å². The van der Waals surface area contributed by atoms with Crippen LogP contribution in [-0.2, 0) is 16.1 Å². The molecule has 0 spiro atoms. The molecule has 5 heteroatoms. The lowest BCUT2D eigenvalue weighted by Crippen LogP contribution is -2.29. The smallest absolute Gasteiger partial charge is 0.233 e. The van der Waals surface area contributed by atoms with Gasteiger partial charge in [-0.15, -0.1) is 0 Å². The Bertz CT molecular complexity index is 327. The molecule has 0 saturated heterocycles. The topological polar surface area (TPSA) is 64.3 Å². The average Bonchev–Trinajstić information content (AvgIpc) is 2.31. The fraction of sp³-hybridized carbons (Fsp3) is 0.364. The Balaban J connectivity index is 2.11. The molecule has 0 atom stereocenters. The molecule has 0 bridgehead atoms. The van der Waals surface area contributed by atoms with Crippen LogP contribution < -0.4 is 11.3 Å². The predicted molar refractivity (Wildman–Crippen MR) is 65.4 cm³/mol. The molecule has 0 saturated carbocycles. The maximum atomic E-state index is 10.8. The zero-order chi connectivity index (χ0) is 11.8. The molecule has 3 N–H and O–H groups in total. The predicted octanol–water partition coefficient (Wildman–Crippen LogP) is 1.74. The van der Waals surface area contributed by atoms with Gasteiger partial charge >= 0.3 is 0 Å². The van der Waals surface area contributed by atoms with Crippen LogP contribution in [0.2, 0.25) is 0 Å². The van der Waals surface area contributed by atoms with Crippen LogP contribution in [0.5, 0.6) is 0 Å². The van der Waals surface area contributed by atoms with Gasteiger partial charge in [-0.3, -0.25) is 10.2 Å². The molecule has 1 amide bonds. The SMILES string of the molecule is NNC(=O)CCCOCc1ccc(Br)cc1. The van der Waals surface area contributed by atoms with Crippen LogP contribution in [0.25, 0.3) is 0 Å². The second-order valence-electron chi connectivity index (χ2n) is 3.35. The Kier molecular flexibility index (Phi) is 6.07. The largest absolute Gasteiger partial charge is 0.377 e. The van der Waals surface area contributed by atoms with Gasteiger partial charge in [-0.2, -0.15) is 0 Å². The first-order valence-electron chi connectivity index (χ1n) is 5.04. The van der Waals surface area contributed by atoms with Crippen molar-refractivity contribution < 1.29 is 9.53 Å². The summed E-state index contributed by atoms with van der Waals surface area (Å²) in [5, 5.41) is 0. The number of rotatable bonds is 6. The van der Waals surface area contributed by atoms with Crippen molar-refractivity contribution in [1.29, 1.82) is 0 Å². The lowest BCUT2D eigenvalue weighted by Gasteiger charge is -2.04. The van der Waals surface area contributed by atoms with E-state index in [4.69, 9.17) is 10.6 Å². The van der Waals surface area contributed by atoms with Crippen molar-refractivity contribution in [3.05, 3.63) is 34.3 Å². The van der Waals surface area contributed by atoms with E-state index in [9.17, 15) is 4.79 Å². The maximum Gasteiger partial charge on any atom is 0.233 e. The van der Waals surface area contributed by atoms with E-state index in [1.807, 2.05) is 24.3 Å². The number of hydrogen-bond acceptors (Lipinski definition) is 3. The van der Waals surface area contributed by atoms with Gasteiger partial charge in [0.25, 0.3) is 0 Å². The van der Waals surface area contributed by atoms with Gasteiger partial charge in [-0.1, -0.05) is 28.1 Å². The number of amides is 1. The first-order valence-corrected chi connectivity index (χ1v) is 5.83. The zero-order valence-electron chi connectivity index (χ0n) is 8.91. The Labute approximate surface area is 103 Å². The van der Waals surface area contributed by atoms with Crippen molar-refractivity contribution in [2.24, 2.45) is 5.84 Å². The third-order valence-corrected chi connectivity index (χ3v) is 2.56. The summed E-state index contributed by atoms with van der Waals surface area (Å²) >= 11 is 3.37. The number of halogens is 1. The summed E-state index contributed by atoms with van der Waals surface area (Å²) < 4.78 is 6.47. The van der Waals surface area contributed by atoms with Crippen molar-refractivity contribution >= 4 is 21.8 Å². The summed E-state index contributed by atoms with van der Waals surface area (Å²) in [6.45, 7) is 1.13. The van der Waals surface area contributed by atoms with Crippen molar-refractivity contribution in [3.8, 4) is 0 Å². The monoisotopic (exact) mass is 286 g/mol. The molecule has 16 heavy (non-hydrogen) atoms. The first-order chi connectivity index (χ1) is 7.72. The third-order valence-electron chi connectivity index (χ3n) is 2.04. The number of carbonyl (C=O) groups is 1. The van der Waals surface area contributed by atoms with E-state index in [1.54, 1.807) is 0 Å². The van der Waals surface area contributed by atoms with Crippen molar-refractivity contribution in [2.75, 3.05) is 6.61 Å². The maximum absolute atomic E-state index is 10.8. The van der Waals surface area contributed by atoms with Crippen LogP contribution in [0.1, 0.15) is 18.4 Å². The minimum Gasteiger partial charge on any atom is -0.377 e. The Morgan fingerprint density at radius 3 is 2.69 bits per heavy atom. The number of hydrazine groups is 1. The average molecular weight is 287 g/mol. The number of hydrogen-bond donors (Lipinski definition) is 2. The van der Waals surface area contributed by atoms with Crippen LogP contribution >= 0.6 is 15.9 Å². The summed E-state index contributed by atoms with van der Waals surface area (Å²) in [5.74, 6) is 4.79. The Morgan fingerprint density at radius 1 is 1.38 bits per heavy atom. The second-order valence-corrected chi connectivity index (χ2v) is 4.27. The highest BCUT2D eigenvalue weighted by Crippen LogP contribution is 2.11. The Hall–Kier alpha value is -0.910. The van der Waals surface area contributed by atoms with Crippen LogP contribution in [0, 0.1) is 0 Å². The van der Waals surface area contributed by atoms with E-state index in [0.717, 1.165) is 10.0 Å². The molecule has 88 valence electrons. The number of ether oxygens (including phenoxy) is 1. The highest BCUT2D eigenvalue weighted by molar-refractivity contribution is 9.10. The quantitative estimate of drug-likeness (QED) is 0.362. The second kappa shape index (κ2) is 7.38. The van der Waals surface area contributed by atoms with Gasteiger partial charge in [-0.05, 0) is 24.1 Å². The summed E-state index contributed by atoms with van der Waals surface area (Å²) in [5.41, 5.74) is 3.20. The van der Waals surface area contributed by atoms with Gasteiger partial charge in [0.05, 0.1) is 6.61 Å². The fourth-order valence-corrected chi connectivity index (χ4v) is 1.44. The minimum atomic E-state index is -0.160. The van der Waals surface area contributed by atoms with Crippen LogP contribution in [0.4, 0.5) is 0 Å². The molecular weight excluding hydrogens is 272 g/mol. The van der Waals surface area contributed by atoms with Gasteiger partial charge in [0.15, 0.2) is 0 Å². The van der Waals surface area contributed by atoms with Crippen LogP contribution in [0.3, 0.4) is 0 Å². The third kappa shape index (κ3) is 5.25. The number of nitrogens with two attached hydrogens (primary N) is 1. The van der Waals surface area contributed by atoms with Gasteiger partial charge in [0.2, 0.25) is 5.91 Å². The van der Waals surface area contributed by atoms with E-state index in [1.165, 1.54) is 0 Å². The number of benzene rings is 1. The zero-order valence-corrected chi connectivity index (χ0v) is 10.5. The van der Waals surface area contributed by atoms with Gasteiger partial charge in [-0.25, -0.2) is 5.84 Å². The highest BCUT2D eigenvalue weighted by Gasteiger charge is 1.98. The van der Waals surface area contributed by atoms with Crippen LogP contribution in [0.15, 0.2) is 28.7 Å². The fourth-order valence-electron chi connectivity index (χ4n) is 1.18. The molecular formula is C11H15BrN2O2. The van der Waals surface area contributed by atoms with Crippen molar-refractivity contribution in [2.45, 2.75) is 19.4 Å². The minimum absolute atomic E-state index is 0.160. The normalized spacial score (nSPS) is 10.1. The van der Waals surface area contributed by atoms with E-state index < -0.39 is 0 Å². The molecule has 0 fully saturated rings. The molecule has 4 nitrogen and oxygen atoms in total. The van der Waals surface area contributed by atoms with Crippen molar-refractivity contribution in [1.82, 2.24) is 5.43 Å². The molecule has 0 unspecified atom stereocenters. The lowest BCUT2D eigenvalue weighted by molar-refractivity contribution is -0.121. The van der Waals surface area contributed by atoms with E-state index in [2.05, 4.69) is 21.4 Å². The summed E-state index contributed by atoms with van der Waals surface area (Å²) in [6, 6.07) is 7.94. The summed E-state index contributed by atoms with van der Waals surface area (Å²) in [4.78, 5) is 10.8. The summed E-state index contributed by atoms with van der Waals surface area (Å²) in [6.07, 6.45) is 1.08. The van der Waals surface area contributed by atoms with E-state index in [0.29, 0.717) is 26.1 Å². The lowest BCUT2D eigenvalue weighted by atomic mass is 10.2. The molecule has 0 heterocycles. The molecule has 0 aromatic heterocycles. The van der Waals surface area contributed by atoms with E-state index >= 15 is 0 Å². The molecule has 1 aromatic carbocycles. The molecule has 0 aliphatic heterocycles.